The molecule has 1 unspecified atom stereocenters. The number of hydrogen-bond acceptors (Lipinski definition) is 4. The normalized spacial score (nSPS) is 19.6. The molecule has 1 amide bonds. The maximum absolute atomic E-state index is 11.8. The van der Waals surface area contributed by atoms with Crippen molar-refractivity contribution in [2.45, 2.75) is 26.2 Å². The zero-order valence-corrected chi connectivity index (χ0v) is 12.4. The molecule has 1 aromatic rings. The average Bonchev–Trinajstić information content (AvgIpc) is 2.79. The van der Waals surface area contributed by atoms with Crippen molar-refractivity contribution in [2.24, 2.45) is 5.92 Å². The molecule has 0 saturated carbocycles. The third-order valence-corrected chi connectivity index (χ3v) is 4.04. The van der Waals surface area contributed by atoms with Crippen LogP contribution in [0.25, 0.3) is 0 Å². The van der Waals surface area contributed by atoms with E-state index in [9.17, 15) is 14.7 Å². The lowest BCUT2D eigenvalue weighted by Gasteiger charge is -2.31. The molecule has 2 heterocycles. The number of aromatic nitrogens is 2. The topological polar surface area (TPSA) is 101 Å². The number of aliphatic hydroxyl groups is 1. The summed E-state index contributed by atoms with van der Waals surface area (Å²) in [5, 5.41) is 17.2. The summed E-state index contributed by atoms with van der Waals surface area (Å²) < 4.78 is 0. The zero-order valence-electron chi connectivity index (χ0n) is 12.4. The fraction of sp³-hybridized carbons (Fsp3) is 0.714. The summed E-state index contributed by atoms with van der Waals surface area (Å²) in [6.45, 7) is 5.26. The Morgan fingerprint density at radius 1 is 1.48 bits per heavy atom. The lowest BCUT2D eigenvalue weighted by Crippen LogP contribution is -2.41. The van der Waals surface area contributed by atoms with Crippen molar-refractivity contribution < 1.29 is 9.90 Å². The van der Waals surface area contributed by atoms with Crippen molar-refractivity contribution in [3.63, 3.8) is 0 Å². The van der Waals surface area contributed by atoms with Crippen LogP contribution in [0.3, 0.4) is 0 Å². The first-order valence-electron chi connectivity index (χ1n) is 7.46. The van der Waals surface area contributed by atoms with E-state index < -0.39 is 0 Å². The van der Waals surface area contributed by atoms with Crippen LogP contribution in [0, 0.1) is 12.8 Å². The highest BCUT2D eigenvalue weighted by atomic mass is 16.3. The quantitative estimate of drug-likeness (QED) is 0.561. The number of likely N-dealkylation sites (tertiary alicyclic amines) is 1. The number of piperidine rings is 1. The average molecular weight is 296 g/mol. The summed E-state index contributed by atoms with van der Waals surface area (Å²) >= 11 is 0. The number of rotatable bonds is 6. The first-order chi connectivity index (χ1) is 10.1. The van der Waals surface area contributed by atoms with Gasteiger partial charge in [0.15, 0.2) is 0 Å². The minimum Gasteiger partial charge on any atom is -0.396 e. The molecule has 0 radical (unpaired) electrons. The van der Waals surface area contributed by atoms with E-state index in [-0.39, 0.29) is 24.5 Å². The van der Waals surface area contributed by atoms with Crippen molar-refractivity contribution in [2.75, 3.05) is 32.8 Å². The number of aryl methyl sites for hydroxylation is 1. The number of H-pyrrole nitrogens is 2. The van der Waals surface area contributed by atoms with E-state index >= 15 is 0 Å². The van der Waals surface area contributed by atoms with Crippen molar-refractivity contribution >= 4 is 5.91 Å². The van der Waals surface area contributed by atoms with Gasteiger partial charge in [0.05, 0.1) is 6.42 Å². The van der Waals surface area contributed by atoms with E-state index in [1.807, 2.05) is 0 Å². The first kappa shape index (κ1) is 15.8. The number of carbonyl (C=O) groups is 1. The van der Waals surface area contributed by atoms with Crippen molar-refractivity contribution in [3.05, 3.63) is 21.6 Å². The van der Waals surface area contributed by atoms with Crippen LogP contribution in [0.5, 0.6) is 0 Å². The Hall–Kier alpha value is -1.60. The van der Waals surface area contributed by atoms with E-state index in [0.29, 0.717) is 23.7 Å². The summed E-state index contributed by atoms with van der Waals surface area (Å²) in [5.41, 5.74) is 0.965. The van der Waals surface area contributed by atoms with Gasteiger partial charge >= 0.3 is 0 Å². The molecule has 118 valence electrons. The van der Waals surface area contributed by atoms with Gasteiger partial charge < -0.3 is 20.4 Å². The smallest absolute Gasteiger partial charge is 0.267 e. The maximum Gasteiger partial charge on any atom is 0.267 e. The van der Waals surface area contributed by atoms with Gasteiger partial charge in [-0.2, -0.15) is 0 Å². The molecule has 1 aliphatic rings. The minimum absolute atomic E-state index is 0.101. The summed E-state index contributed by atoms with van der Waals surface area (Å²) in [7, 11) is 0. The number of aromatic amines is 2. The second kappa shape index (κ2) is 7.42. The fourth-order valence-corrected chi connectivity index (χ4v) is 2.76. The lowest BCUT2D eigenvalue weighted by molar-refractivity contribution is -0.120. The van der Waals surface area contributed by atoms with Crippen molar-refractivity contribution in [1.82, 2.24) is 20.4 Å². The second-order valence-electron chi connectivity index (χ2n) is 5.70. The highest BCUT2D eigenvalue weighted by Crippen LogP contribution is 2.14. The molecule has 0 bridgehead atoms. The molecule has 7 heteroatoms. The van der Waals surface area contributed by atoms with Gasteiger partial charge in [-0.3, -0.25) is 14.7 Å². The van der Waals surface area contributed by atoms with Gasteiger partial charge in [0.2, 0.25) is 5.91 Å². The van der Waals surface area contributed by atoms with Gasteiger partial charge in [-0.05, 0) is 32.2 Å². The molecule has 21 heavy (non-hydrogen) atoms. The van der Waals surface area contributed by atoms with Crippen LogP contribution < -0.4 is 10.9 Å². The molecule has 0 aliphatic carbocycles. The van der Waals surface area contributed by atoms with Crippen LogP contribution in [-0.2, 0) is 11.2 Å². The summed E-state index contributed by atoms with van der Waals surface area (Å²) in [5.74, 6) is 0.217. The number of hydrogen-bond donors (Lipinski definition) is 4. The summed E-state index contributed by atoms with van der Waals surface area (Å²) in [4.78, 5) is 25.6. The molecule has 0 spiro atoms. The predicted molar refractivity (Wildman–Crippen MR) is 79.1 cm³/mol. The Kier molecular flexibility index (Phi) is 5.58. The van der Waals surface area contributed by atoms with Crippen molar-refractivity contribution in [1.29, 1.82) is 0 Å². The summed E-state index contributed by atoms with van der Waals surface area (Å²) in [6.07, 6.45) is 2.27. The van der Waals surface area contributed by atoms with Crippen LogP contribution in [0.4, 0.5) is 0 Å². The summed E-state index contributed by atoms with van der Waals surface area (Å²) in [6, 6.07) is 0. The SMILES string of the molecule is Cc1[nH][nH]c(=O)c1CC(=O)NCCN1CCCC(CO)C1. The Morgan fingerprint density at radius 2 is 2.29 bits per heavy atom. The van der Waals surface area contributed by atoms with Crippen molar-refractivity contribution in [3.8, 4) is 0 Å². The number of nitrogens with one attached hydrogen (secondary N) is 3. The van der Waals surface area contributed by atoms with Gasteiger partial charge in [0, 0.05) is 37.5 Å². The van der Waals surface area contributed by atoms with Crippen LogP contribution in [0.1, 0.15) is 24.1 Å². The van der Waals surface area contributed by atoms with Gasteiger partial charge in [0.1, 0.15) is 0 Å². The van der Waals surface area contributed by atoms with Crippen LogP contribution in [0.2, 0.25) is 0 Å². The molecular weight excluding hydrogens is 272 g/mol. The van der Waals surface area contributed by atoms with E-state index in [4.69, 9.17) is 0 Å². The van der Waals surface area contributed by atoms with Crippen LogP contribution in [0.15, 0.2) is 4.79 Å². The van der Waals surface area contributed by atoms with E-state index in [2.05, 4.69) is 20.4 Å². The van der Waals surface area contributed by atoms with E-state index in [0.717, 1.165) is 32.5 Å². The van der Waals surface area contributed by atoms with E-state index in [1.54, 1.807) is 6.92 Å². The molecule has 2 rings (SSSR count). The molecule has 0 aromatic carbocycles. The number of aliphatic hydroxyl groups excluding tert-OH is 1. The Bertz CT molecular complexity index is 523. The van der Waals surface area contributed by atoms with Gasteiger partial charge in [-0.15, -0.1) is 0 Å². The highest BCUT2D eigenvalue weighted by Gasteiger charge is 2.19. The Labute approximate surface area is 123 Å². The monoisotopic (exact) mass is 296 g/mol. The molecule has 1 aliphatic heterocycles. The number of amides is 1. The maximum atomic E-state index is 11.8. The minimum atomic E-state index is -0.232. The first-order valence-corrected chi connectivity index (χ1v) is 7.46. The standard InChI is InChI=1S/C14H24N4O3/c1-10-12(14(21)17-16-10)7-13(20)15-4-6-18-5-2-3-11(8-18)9-19/h11,19H,2-9H2,1H3,(H,15,20)(H2,16,17,21). The van der Waals surface area contributed by atoms with Crippen LogP contribution >= 0.6 is 0 Å². The molecular formula is C14H24N4O3. The largest absolute Gasteiger partial charge is 0.396 e. The third kappa shape index (κ3) is 4.44. The Balaban J connectivity index is 1.71. The Morgan fingerprint density at radius 3 is 2.95 bits per heavy atom. The van der Waals surface area contributed by atoms with Gasteiger partial charge in [0.25, 0.3) is 5.56 Å². The predicted octanol–water partition coefficient (Wildman–Crippen LogP) is -0.626. The highest BCUT2D eigenvalue weighted by molar-refractivity contribution is 5.78. The lowest BCUT2D eigenvalue weighted by atomic mass is 9.99. The van der Waals surface area contributed by atoms with Gasteiger partial charge in [-0.1, -0.05) is 0 Å². The third-order valence-electron chi connectivity index (χ3n) is 4.04. The number of carbonyl (C=O) groups excluding carboxylic acids is 1. The van der Waals surface area contributed by atoms with Crippen LogP contribution in [-0.4, -0.2) is 58.9 Å². The fourth-order valence-electron chi connectivity index (χ4n) is 2.76. The van der Waals surface area contributed by atoms with Gasteiger partial charge in [-0.25, -0.2) is 0 Å². The van der Waals surface area contributed by atoms with E-state index in [1.165, 1.54) is 0 Å². The zero-order chi connectivity index (χ0) is 15.2. The molecule has 1 aromatic heterocycles. The number of nitrogens with zero attached hydrogens (tertiary/aromatic N) is 1. The molecule has 4 N–H and O–H groups in total. The molecule has 1 fully saturated rings. The second-order valence-corrected chi connectivity index (χ2v) is 5.70. The molecule has 1 saturated heterocycles. The molecule has 7 nitrogen and oxygen atoms in total. The molecule has 1 atom stereocenters.